The first kappa shape index (κ1) is 23.8. The van der Waals surface area contributed by atoms with E-state index in [4.69, 9.17) is 38.0 Å². The summed E-state index contributed by atoms with van der Waals surface area (Å²) in [6.07, 6.45) is 0. The number of nitrogens with one attached hydrogen (secondary N) is 2. The molecular formula is C22H27ClN2O4S. The second-order valence-corrected chi connectivity index (χ2v) is 7.12. The van der Waals surface area contributed by atoms with Crippen LogP contribution in [0.15, 0.2) is 36.4 Å². The summed E-state index contributed by atoms with van der Waals surface area (Å²) in [6.45, 7) is 8.98. The maximum Gasteiger partial charge on any atom is 0.339 e. The monoisotopic (exact) mass is 450 g/mol. The predicted octanol–water partition coefficient (Wildman–Crippen LogP) is 5.36. The van der Waals surface area contributed by atoms with Crippen LogP contribution in [-0.2, 0) is 4.74 Å². The van der Waals surface area contributed by atoms with E-state index in [1.807, 2.05) is 39.0 Å². The Morgan fingerprint density at radius 1 is 1.03 bits per heavy atom. The molecule has 0 bridgehead atoms. The first-order chi connectivity index (χ1) is 14.4. The molecule has 0 aliphatic rings. The third-order valence-corrected chi connectivity index (χ3v) is 4.68. The van der Waals surface area contributed by atoms with Gasteiger partial charge in [0.05, 0.1) is 36.4 Å². The molecule has 0 saturated heterocycles. The summed E-state index contributed by atoms with van der Waals surface area (Å²) < 4.78 is 16.3. The Morgan fingerprint density at radius 2 is 1.73 bits per heavy atom. The van der Waals surface area contributed by atoms with E-state index in [1.54, 1.807) is 25.1 Å². The molecule has 0 heterocycles. The Kier molecular flexibility index (Phi) is 9.20. The molecular weight excluding hydrogens is 424 g/mol. The molecule has 2 aromatic rings. The number of esters is 1. The molecule has 0 radical (unpaired) electrons. The molecule has 0 fully saturated rings. The molecule has 0 amide bonds. The van der Waals surface area contributed by atoms with Crippen molar-refractivity contribution in [3.8, 4) is 11.5 Å². The molecule has 30 heavy (non-hydrogen) atoms. The fourth-order valence-electron chi connectivity index (χ4n) is 2.75. The van der Waals surface area contributed by atoms with Crippen LogP contribution in [-0.4, -0.2) is 30.9 Å². The molecule has 0 aliphatic carbocycles. The van der Waals surface area contributed by atoms with Crippen LogP contribution in [0.25, 0.3) is 0 Å². The number of carbonyl (C=O) groups is 1. The van der Waals surface area contributed by atoms with Gasteiger partial charge < -0.3 is 24.8 Å². The van der Waals surface area contributed by atoms with E-state index in [-0.39, 0.29) is 18.2 Å². The number of carbonyl (C=O) groups excluding carboxylic acids is 1. The topological polar surface area (TPSA) is 68.8 Å². The van der Waals surface area contributed by atoms with Gasteiger partial charge in [0.1, 0.15) is 0 Å². The summed E-state index contributed by atoms with van der Waals surface area (Å²) in [5.41, 5.74) is 1.91. The Bertz CT molecular complexity index is 891. The summed E-state index contributed by atoms with van der Waals surface area (Å²) >= 11 is 11.5. The predicted molar refractivity (Wildman–Crippen MR) is 124 cm³/mol. The van der Waals surface area contributed by atoms with E-state index >= 15 is 0 Å². The SMILES string of the molecule is CCOC(=O)c1cc(NC(=S)N[C@@H](C)c2ccc(OCC)c(OCC)c2)ccc1Cl. The number of hydrogen-bond donors (Lipinski definition) is 2. The molecule has 162 valence electrons. The van der Waals surface area contributed by atoms with Gasteiger partial charge in [-0.15, -0.1) is 0 Å². The zero-order valence-corrected chi connectivity index (χ0v) is 19.2. The molecule has 6 nitrogen and oxygen atoms in total. The van der Waals surface area contributed by atoms with Crippen LogP contribution >= 0.6 is 23.8 Å². The smallest absolute Gasteiger partial charge is 0.339 e. The van der Waals surface area contributed by atoms with Crippen molar-refractivity contribution in [2.75, 3.05) is 25.1 Å². The Labute approximate surface area is 187 Å². The summed E-state index contributed by atoms with van der Waals surface area (Å²) in [5, 5.41) is 7.04. The zero-order valence-electron chi connectivity index (χ0n) is 17.6. The number of rotatable bonds is 9. The first-order valence-electron chi connectivity index (χ1n) is 9.83. The highest BCUT2D eigenvalue weighted by Crippen LogP contribution is 2.31. The average molecular weight is 451 g/mol. The number of hydrogen-bond acceptors (Lipinski definition) is 5. The summed E-state index contributed by atoms with van der Waals surface area (Å²) in [5.74, 6) is 0.932. The maximum absolute atomic E-state index is 12.0. The van der Waals surface area contributed by atoms with Gasteiger partial charge in [0.15, 0.2) is 16.6 Å². The van der Waals surface area contributed by atoms with Gasteiger partial charge in [-0.2, -0.15) is 0 Å². The van der Waals surface area contributed by atoms with Crippen molar-refractivity contribution in [1.82, 2.24) is 5.32 Å². The highest BCUT2D eigenvalue weighted by Gasteiger charge is 2.15. The Balaban J connectivity index is 2.08. The Hall–Kier alpha value is -2.51. The molecule has 0 saturated carbocycles. The van der Waals surface area contributed by atoms with Crippen LogP contribution in [0.3, 0.4) is 0 Å². The fourth-order valence-corrected chi connectivity index (χ4v) is 3.24. The average Bonchev–Trinajstić information content (AvgIpc) is 2.71. The number of anilines is 1. The van der Waals surface area contributed by atoms with Crippen molar-refractivity contribution < 1.29 is 19.0 Å². The van der Waals surface area contributed by atoms with Crippen LogP contribution in [0.4, 0.5) is 5.69 Å². The van der Waals surface area contributed by atoms with E-state index in [2.05, 4.69) is 10.6 Å². The van der Waals surface area contributed by atoms with Crippen molar-refractivity contribution in [2.24, 2.45) is 0 Å². The summed E-state index contributed by atoms with van der Waals surface area (Å²) in [7, 11) is 0. The van der Waals surface area contributed by atoms with Crippen molar-refractivity contribution >= 4 is 40.6 Å². The summed E-state index contributed by atoms with van der Waals surface area (Å²) in [6, 6.07) is 10.7. The highest BCUT2D eigenvalue weighted by molar-refractivity contribution is 7.80. The number of ether oxygens (including phenoxy) is 3. The normalized spacial score (nSPS) is 11.4. The molecule has 0 spiro atoms. The lowest BCUT2D eigenvalue weighted by atomic mass is 10.1. The quantitative estimate of drug-likeness (QED) is 0.393. The van der Waals surface area contributed by atoms with Crippen molar-refractivity contribution in [2.45, 2.75) is 33.7 Å². The van der Waals surface area contributed by atoms with Gasteiger partial charge in [0.25, 0.3) is 0 Å². The van der Waals surface area contributed by atoms with Crippen LogP contribution in [0, 0.1) is 0 Å². The summed E-state index contributed by atoms with van der Waals surface area (Å²) in [4.78, 5) is 12.0. The van der Waals surface area contributed by atoms with E-state index in [1.165, 1.54) is 0 Å². The fraction of sp³-hybridized carbons (Fsp3) is 0.364. The minimum Gasteiger partial charge on any atom is -0.490 e. The van der Waals surface area contributed by atoms with E-state index in [0.29, 0.717) is 40.5 Å². The number of halogens is 1. The van der Waals surface area contributed by atoms with Gasteiger partial charge in [-0.3, -0.25) is 0 Å². The standard InChI is InChI=1S/C22H27ClN2O4S/c1-5-27-19-11-8-15(12-20(19)28-6-2)14(4)24-22(30)25-16-9-10-18(23)17(13-16)21(26)29-7-3/h8-14H,5-7H2,1-4H3,(H2,24,25,30)/t14-/m0/s1. The van der Waals surface area contributed by atoms with E-state index < -0.39 is 5.97 Å². The molecule has 8 heteroatoms. The van der Waals surface area contributed by atoms with Gasteiger partial charge in [-0.05, 0) is 75.8 Å². The van der Waals surface area contributed by atoms with Gasteiger partial charge in [-0.25, -0.2) is 4.79 Å². The van der Waals surface area contributed by atoms with E-state index in [0.717, 1.165) is 5.56 Å². The van der Waals surface area contributed by atoms with E-state index in [9.17, 15) is 4.79 Å². The third kappa shape index (κ3) is 6.50. The number of benzene rings is 2. The zero-order chi connectivity index (χ0) is 22.1. The largest absolute Gasteiger partial charge is 0.490 e. The molecule has 2 rings (SSSR count). The van der Waals surface area contributed by atoms with Gasteiger partial charge in [0.2, 0.25) is 0 Å². The number of thiocarbonyl (C=S) groups is 1. The van der Waals surface area contributed by atoms with Gasteiger partial charge in [-0.1, -0.05) is 17.7 Å². The second-order valence-electron chi connectivity index (χ2n) is 6.31. The minimum absolute atomic E-state index is 0.0864. The van der Waals surface area contributed by atoms with Crippen molar-refractivity contribution in [3.05, 3.63) is 52.5 Å². The van der Waals surface area contributed by atoms with Crippen LogP contribution in [0.2, 0.25) is 5.02 Å². The first-order valence-corrected chi connectivity index (χ1v) is 10.6. The maximum atomic E-state index is 12.0. The van der Waals surface area contributed by atoms with Crippen LogP contribution < -0.4 is 20.1 Å². The molecule has 0 unspecified atom stereocenters. The molecule has 0 aliphatic heterocycles. The second kappa shape index (κ2) is 11.6. The van der Waals surface area contributed by atoms with Gasteiger partial charge >= 0.3 is 5.97 Å². The highest BCUT2D eigenvalue weighted by atomic mass is 35.5. The Morgan fingerprint density at radius 3 is 2.40 bits per heavy atom. The lowest BCUT2D eigenvalue weighted by molar-refractivity contribution is 0.0526. The molecule has 2 N–H and O–H groups in total. The van der Waals surface area contributed by atoms with Crippen LogP contribution in [0.1, 0.15) is 49.7 Å². The third-order valence-electron chi connectivity index (χ3n) is 4.13. The minimum atomic E-state index is -0.476. The lowest BCUT2D eigenvalue weighted by Gasteiger charge is -2.19. The van der Waals surface area contributed by atoms with Crippen LogP contribution in [0.5, 0.6) is 11.5 Å². The van der Waals surface area contributed by atoms with Crippen molar-refractivity contribution in [3.63, 3.8) is 0 Å². The van der Waals surface area contributed by atoms with Crippen molar-refractivity contribution in [1.29, 1.82) is 0 Å². The molecule has 2 aromatic carbocycles. The molecule has 0 aromatic heterocycles. The van der Waals surface area contributed by atoms with Gasteiger partial charge in [0, 0.05) is 5.69 Å². The molecule has 1 atom stereocenters. The lowest BCUT2D eigenvalue weighted by Crippen LogP contribution is -2.31.